The van der Waals surface area contributed by atoms with E-state index in [4.69, 9.17) is 4.74 Å². The van der Waals surface area contributed by atoms with Crippen LogP contribution < -0.4 is 0 Å². The molecule has 0 aromatic carbocycles. The predicted octanol–water partition coefficient (Wildman–Crippen LogP) is 1.51. The third kappa shape index (κ3) is 2.09. The first-order valence-corrected chi connectivity index (χ1v) is 5.46. The number of hydrogen-bond acceptors (Lipinski definition) is 3. The number of ether oxygens (including phenoxy) is 1. The van der Waals surface area contributed by atoms with Crippen molar-refractivity contribution < 1.29 is 9.53 Å². The van der Waals surface area contributed by atoms with Crippen molar-refractivity contribution in [3.63, 3.8) is 0 Å². The van der Waals surface area contributed by atoms with E-state index in [-0.39, 0.29) is 11.7 Å². The van der Waals surface area contributed by atoms with E-state index in [9.17, 15) is 4.79 Å². The van der Waals surface area contributed by atoms with Crippen LogP contribution in [0.3, 0.4) is 0 Å². The van der Waals surface area contributed by atoms with Gasteiger partial charge in [0.2, 0.25) is 0 Å². The highest BCUT2D eigenvalue weighted by molar-refractivity contribution is 5.96. The van der Waals surface area contributed by atoms with Gasteiger partial charge in [-0.15, -0.1) is 0 Å². The lowest BCUT2D eigenvalue weighted by Crippen LogP contribution is -2.19. The average molecular weight is 208 g/mol. The molecule has 2 rings (SSSR count). The van der Waals surface area contributed by atoms with E-state index in [1.807, 2.05) is 0 Å². The molecule has 2 heterocycles. The lowest BCUT2D eigenvalue weighted by Gasteiger charge is -2.08. The lowest BCUT2D eigenvalue weighted by molar-refractivity contribution is 0.0889. The SMILES string of the molecule is CCCn1nccc1C(=O)C1CCOC1. The maximum Gasteiger partial charge on any atom is 0.186 e. The second-order valence-corrected chi connectivity index (χ2v) is 3.86. The van der Waals surface area contributed by atoms with Gasteiger partial charge in [-0.1, -0.05) is 6.92 Å². The number of hydrogen-bond donors (Lipinski definition) is 0. The molecule has 0 bridgehead atoms. The highest BCUT2D eigenvalue weighted by Crippen LogP contribution is 2.18. The molecule has 1 saturated heterocycles. The molecular weight excluding hydrogens is 192 g/mol. The molecule has 1 atom stereocenters. The molecule has 0 radical (unpaired) electrons. The Morgan fingerprint density at radius 1 is 1.73 bits per heavy atom. The number of Topliss-reactive ketones (excluding diaryl/α,β-unsaturated/α-hetero) is 1. The molecule has 1 aromatic heterocycles. The number of carbonyl (C=O) groups is 1. The molecule has 0 spiro atoms. The Morgan fingerprint density at radius 2 is 2.60 bits per heavy atom. The number of aromatic nitrogens is 2. The van der Waals surface area contributed by atoms with Gasteiger partial charge in [0.25, 0.3) is 0 Å². The summed E-state index contributed by atoms with van der Waals surface area (Å²) in [5.74, 6) is 0.218. The Morgan fingerprint density at radius 3 is 3.27 bits per heavy atom. The molecule has 15 heavy (non-hydrogen) atoms. The van der Waals surface area contributed by atoms with Crippen LogP contribution in [0, 0.1) is 5.92 Å². The van der Waals surface area contributed by atoms with Crippen molar-refractivity contribution in [1.29, 1.82) is 0 Å². The van der Waals surface area contributed by atoms with Gasteiger partial charge in [-0.05, 0) is 18.9 Å². The zero-order chi connectivity index (χ0) is 10.7. The van der Waals surface area contributed by atoms with E-state index in [2.05, 4.69) is 12.0 Å². The molecule has 0 N–H and O–H groups in total. The van der Waals surface area contributed by atoms with Gasteiger partial charge in [-0.25, -0.2) is 0 Å². The second-order valence-electron chi connectivity index (χ2n) is 3.86. The molecule has 4 heteroatoms. The largest absolute Gasteiger partial charge is 0.381 e. The van der Waals surface area contributed by atoms with Crippen molar-refractivity contribution >= 4 is 5.78 Å². The van der Waals surface area contributed by atoms with Gasteiger partial charge in [0.05, 0.1) is 6.61 Å². The topological polar surface area (TPSA) is 44.1 Å². The third-order valence-electron chi connectivity index (χ3n) is 2.70. The predicted molar refractivity (Wildman–Crippen MR) is 55.8 cm³/mol. The Hall–Kier alpha value is -1.16. The van der Waals surface area contributed by atoms with Gasteiger partial charge in [-0.2, -0.15) is 5.10 Å². The van der Waals surface area contributed by atoms with E-state index in [1.165, 1.54) is 0 Å². The van der Waals surface area contributed by atoms with Gasteiger partial charge in [0, 0.05) is 25.3 Å². The smallest absolute Gasteiger partial charge is 0.186 e. The molecular formula is C11H16N2O2. The number of carbonyl (C=O) groups excluding carboxylic acids is 1. The molecule has 1 aromatic rings. The van der Waals surface area contributed by atoms with Gasteiger partial charge >= 0.3 is 0 Å². The molecule has 82 valence electrons. The Labute approximate surface area is 89.2 Å². The fraction of sp³-hybridized carbons (Fsp3) is 0.636. The van der Waals surface area contributed by atoms with Crippen LogP contribution in [0.1, 0.15) is 30.3 Å². The van der Waals surface area contributed by atoms with Gasteiger partial charge in [-0.3, -0.25) is 9.48 Å². The summed E-state index contributed by atoms with van der Waals surface area (Å²) in [5, 5.41) is 4.15. The fourth-order valence-corrected chi connectivity index (χ4v) is 1.88. The average Bonchev–Trinajstić information content (AvgIpc) is 2.87. The second kappa shape index (κ2) is 4.57. The highest BCUT2D eigenvalue weighted by atomic mass is 16.5. The van der Waals surface area contributed by atoms with Crippen molar-refractivity contribution in [3.8, 4) is 0 Å². The maximum atomic E-state index is 12.1. The molecule has 4 nitrogen and oxygen atoms in total. The van der Waals surface area contributed by atoms with Crippen LogP contribution in [0.2, 0.25) is 0 Å². The first kappa shape index (κ1) is 10.4. The van der Waals surface area contributed by atoms with Crippen molar-refractivity contribution in [2.45, 2.75) is 26.3 Å². The van der Waals surface area contributed by atoms with Crippen LogP contribution in [-0.2, 0) is 11.3 Å². The quantitative estimate of drug-likeness (QED) is 0.704. The van der Waals surface area contributed by atoms with Crippen molar-refractivity contribution in [2.75, 3.05) is 13.2 Å². The minimum atomic E-state index is 0.0392. The Kier molecular flexibility index (Phi) is 3.16. The number of nitrogens with zero attached hydrogens (tertiary/aromatic N) is 2. The van der Waals surface area contributed by atoms with Crippen LogP contribution in [0.5, 0.6) is 0 Å². The Balaban J connectivity index is 2.13. The van der Waals surface area contributed by atoms with Crippen molar-refractivity contribution in [3.05, 3.63) is 18.0 Å². The summed E-state index contributed by atoms with van der Waals surface area (Å²) in [6.07, 6.45) is 3.53. The first-order chi connectivity index (χ1) is 7.33. The van der Waals surface area contributed by atoms with Crippen molar-refractivity contribution in [2.24, 2.45) is 5.92 Å². The zero-order valence-electron chi connectivity index (χ0n) is 8.98. The molecule has 1 aliphatic heterocycles. The summed E-state index contributed by atoms with van der Waals surface area (Å²) in [7, 11) is 0. The first-order valence-electron chi connectivity index (χ1n) is 5.46. The van der Waals surface area contributed by atoms with Gasteiger partial charge < -0.3 is 4.74 Å². The molecule has 1 fully saturated rings. The molecule has 1 aliphatic rings. The lowest BCUT2D eigenvalue weighted by atomic mass is 10.0. The monoisotopic (exact) mass is 208 g/mol. The summed E-state index contributed by atoms with van der Waals surface area (Å²) < 4.78 is 7.02. The van der Waals surface area contributed by atoms with Crippen LogP contribution in [0.25, 0.3) is 0 Å². The summed E-state index contributed by atoms with van der Waals surface area (Å²) in [6.45, 7) is 4.16. The summed E-state index contributed by atoms with van der Waals surface area (Å²) in [4.78, 5) is 12.1. The summed E-state index contributed by atoms with van der Waals surface area (Å²) in [6, 6.07) is 1.80. The third-order valence-corrected chi connectivity index (χ3v) is 2.70. The van der Waals surface area contributed by atoms with Crippen molar-refractivity contribution in [1.82, 2.24) is 9.78 Å². The van der Waals surface area contributed by atoms with E-state index < -0.39 is 0 Å². The summed E-state index contributed by atoms with van der Waals surface area (Å²) >= 11 is 0. The van der Waals surface area contributed by atoms with E-state index in [1.54, 1.807) is 16.9 Å². The minimum Gasteiger partial charge on any atom is -0.381 e. The van der Waals surface area contributed by atoms with Gasteiger partial charge in [0.1, 0.15) is 5.69 Å². The van der Waals surface area contributed by atoms with E-state index in [0.717, 1.165) is 25.1 Å². The Bertz CT molecular complexity index is 340. The van der Waals surface area contributed by atoms with Crippen LogP contribution in [0.4, 0.5) is 0 Å². The molecule has 1 unspecified atom stereocenters. The number of aryl methyl sites for hydroxylation is 1. The fourth-order valence-electron chi connectivity index (χ4n) is 1.88. The van der Waals surface area contributed by atoms with Crippen LogP contribution >= 0.6 is 0 Å². The summed E-state index contributed by atoms with van der Waals surface area (Å²) in [5.41, 5.74) is 0.729. The highest BCUT2D eigenvalue weighted by Gasteiger charge is 2.26. The molecule has 0 saturated carbocycles. The van der Waals surface area contributed by atoms with E-state index >= 15 is 0 Å². The van der Waals surface area contributed by atoms with Crippen LogP contribution in [0.15, 0.2) is 12.3 Å². The standard InChI is InChI=1S/C11H16N2O2/c1-2-6-13-10(3-5-12-13)11(14)9-4-7-15-8-9/h3,5,9H,2,4,6-8H2,1H3. The number of ketones is 1. The molecule has 0 aliphatic carbocycles. The minimum absolute atomic E-state index is 0.0392. The van der Waals surface area contributed by atoms with E-state index in [0.29, 0.717) is 13.2 Å². The maximum absolute atomic E-state index is 12.1. The zero-order valence-corrected chi connectivity index (χ0v) is 8.98. The van der Waals surface area contributed by atoms with Gasteiger partial charge in [0.15, 0.2) is 5.78 Å². The van der Waals surface area contributed by atoms with Crippen LogP contribution in [-0.4, -0.2) is 28.8 Å². The number of rotatable bonds is 4. The normalized spacial score (nSPS) is 20.7. The molecule has 0 amide bonds.